The van der Waals surface area contributed by atoms with E-state index < -0.39 is 0 Å². The molecule has 0 saturated carbocycles. The molecule has 24 heavy (non-hydrogen) atoms. The van der Waals surface area contributed by atoms with Gasteiger partial charge in [-0.05, 0) is 24.6 Å². The van der Waals surface area contributed by atoms with Gasteiger partial charge in [0.2, 0.25) is 5.88 Å². The van der Waals surface area contributed by atoms with Gasteiger partial charge in [-0.15, -0.1) is 15.3 Å². The molecule has 4 rings (SSSR count). The zero-order chi connectivity index (χ0) is 16.5. The smallest absolute Gasteiger partial charge is 0.237 e. The average Bonchev–Trinajstić information content (AvgIpc) is 3.02. The normalized spacial score (nSPS) is 10.9. The van der Waals surface area contributed by atoms with Crippen LogP contribution in [0.15, 0.2) is 60.7 Å². The van der Waals surface area contributed by atoms with Crippen molar-refractivity contribution in [3.63, 3.8) is 0 Å². The van der Waals surface area contributed by atoms with Gasteiger partial charge >= 0.3 is 0 Å². The van der Waals surface area contributed by atoms with Crippen molar-refractivity contribution in [1.29, 1.82) is 0 Å². The second-order valence-corrected chi connectivity index (χ2v) is 5.34. The summed E-state index contributed by atoms with van der Waals surface area (Å²) in [6.07, 6.45) is 0. The molecule has 0 radical (unpaired) electrons. The highest BCUT2D eigenvalue weighted by Crippen LogP contribution is 2.23. The van der Waals surface area contributed by atoms with Crippen LogP contribution in [-0.4, -0.2) is 19.8 Å². The van der Waals surface area contributed by atoms with E-state index in [2.05, 4.69) is 15.3 Å². The van der Waals surface area contributed by atoms with Crippen LogP contribution >= 0.6 is 0 Å². The first-order chi connectivity index (χ1) is 11.7. The second-order valence-electron chi connectivity index (χ2n) is 5.34. The van der Waals surface area contributed by atoms with Gasteiger partial charge in [-0.3, -0.25) is 0 Å². The number of aryl methyl sites for hydroxylation is 1. The van der Waals surface area contributed by atoms with Crippen molar-refractivity contribution in [2.45, 2.75) is 6.92 Å². The Bertz CT molecular complexity index is 1010. The summed E-state index contributed by atoms with van der Waals surface area (Å²) in [7, 11) is 0. The molecule has 0 N–H and O–H groups in total. The third kappa shape index (κ3) is 2.58. The molecule has 0 fully saturated rings. The van der Waals surface area contributed by atoms with E-state index in [-0.39, 0.29) is 5.82 Å². The fourth-order valence-corrected chi connectivity index (χ4v) is 2.35. The minimum Gasteiger partial charge on any atom is -0.437 e. The maximum absolute atomic E-state index is 13.6. The lowest BCUT2D eigenvalue weighted by Crippen LogP contribution is -1.98. The van der Waals surface area contributed by atoms with Crippen LogP contribution in [0.5, 0.6) is 11.6 Å². The van der Waals surface area contributed by atoms with E-state index in [4.69, 9.17) is 4.74 Å². The average molecular weight is 320 g/mol. The van der Waals surface area contributed by atoms with Gasteiger partial charge in [0.15, 0.2) is 11.5 Å². The summed E-state index contributed by atoms with van der Waals surface area (Å²) in [4.78, 5) is 0. The Morgan fingerprint density at radius 2 is 1.79 bits per heavy atom. The number of hydrogen-bond donors (Lipinski definition) is 0. The molecule has 5 nitrogen and oxygen atoms in total. The number of nitrogens with zero attached hydrogens (tertiary/aromatic N) is 4. The summed E-state index contributed by atoms with van der Waals surface area (Å²) in [5.41, 5.74) is 2.07. The van der Waals surface area contributed by atoms with Crippen molar-refractivity contribution in [3.8, 4) is 23.0 Å². The van der Waals surface area contributed by atoms with Gasteiger partial charge in [-0.2, -0.15) is 4.52 Å². The highest BCUT2D eigenvalue weighted by Gasteiger charge is 2.11. The van der Waals surface area contributed by atoms with Crippen LogP contribution in [0.25, 0.3) is 17.0 Å². The number of benzene rings is 2. The van der Waals surface area contributed by atoms with E-state index in [1.165, 1.54) is 6.07 Å². The van der Waals surface area contributed by atoms with Crippen molar-refractivity contribution >= 4 is 5.65 Å². The molecular weight excluding hydrogens is 307 g/mol. The number of ether oxygens (including phenoxy) is 1. The maximum atomic E-state index is 13.6. The van der Waals surface area contributed by atoms with E-state index in [9.17, 15) is 4.39 Å². The molecule has 118 valence electrons. The zero-order valence-corrected chi connectivity index (χ0v) is 12.8. The summed E-state index contributed by atoms with van der Waals surface area (Å²) in [5, 5.41) is 12.7. The van der Waals surface area contributed by atoms with Crippen LogP contribution in [0.3, 0.4) is 0 Å². The van der Waals surface area contributed by atoms with Gasteiger partial charge in [0.1, 0.15) is 11.6 Å². The Morgan fingerprint density at radius 1 is 0.958 bits per heavy atom. The molecule has 4 aromatic rings. The molecule has 0 spiro atoms. The van der Waals surface area contributed by atoms with Crippen molar-refractivity contribution in [2.24, 2.45) is 0 Å². The van der Waals surface area contributed by atoms with Crippen LogP contribution in [0, 0.1) is 12.7 Å². The van der Waals surface area contributed by atoms with Gasteiger partial charge in [0, 0.05) is 17.7 Å². The highest BCUT2D eigenvalue weighted by atomic mass is 19.1. The Morgan fingerprint density at radius 3 is 2.58 bits per heavy atom. The van der Waals surface area contributed by atoms with Crippen molar-refractivity contribution in [2.75, 3.05) is 0 Å². The van der Waals surface area contributed by atoms with E-state index >= 15 is 0 Å². The molecule has 2 heterocycles. The Balaban J connectivity index is 1.73. The fourth-order valence-electron chi connectivity index (χ4n) is 2.35. The topological polar surface area (TPSA) is 52.3 Å². The molecule has 2 aromatic heterocycles. The quantitative estimate of drug-likeness (QED) is 0.572. The molecule has 2 aromatic carbocycles. The first-order valence-corrected chi connectivity index (χ1v) is 7.42. The maximum Gasteiger partial charge on any atom is 0.237 e. The van der Waals surface area contributed by atoms with Gasteiger partial charge < -0.3 is 4.74 Å². The molecule has 0 aliphatic rings. The van der Waals surface area contributed by atoms with Crippen molar-refractivity contribution < 1.29 is 9.13 Å². The lowest BCUT2D eigenvalue weighted by atomic mass is 10.2. The van der Waals surface area contributed by atoms with Gasteiger partial charge in [0.05, 0.1) is 0 Å². The summed E-state index contributed by atoms with van der Waals surface area (Å²) in [6, 6.07) is 17.8. The van der Waals surface area contributed by atoms with Gasteiger partial charge in [-0.1, -0.05) is 36.4 Å². The highest BCUT2D eigenvalue weighted by molar-refractivity contribution is 5.58. The Kier molecular flexibility index (Phi) is 3.42. The second kappa shape index (κ2) is 5.73. The third-order valence-corrected chi connectivity index (χ3v) is 3.64. The van der Waals surface area contributed by atoms with E-state index in [0.29, 0.717) is 28.7 Å². The third-order valence-electron chi connectivity index (χ3n) is 3.64. The lowest BCUT2D eigenvalue weighted by molar-refractivity contribution is 0.448. The van der Waals surface area contributed by atoms with Crippen LogP contribution in [0.1, 0.15) is 5.56 Å². The first kappa shape index (κ1) is 14.3. The van der Waals surface area contributed by atoms with Crippen LogP contribution in [0.4, 0.5) is 4.39 Å². The fraction of sp³-hybridized carbons (Fsp3) is 0.0556. The zero-order valence-electron chi connectivity index (χ0n) is 12.8. The number of rotatable bonds is 3. The predicted molar refractivity (Wildman–Crippen MR) is 87.4 cm³/mol. The molecule has 0 amide bonds. The SMILES string of the molecule is Cc1ccc(Oc2ccc3nnc(-c4ccccc4)n3n2)cc1F. The molecule has 0 aliphatic heterocycles. The molecule has 0 aliphatic carbocycles. The minimum absolute atomic E-state index is 0.317. The Labute approximate surface area is 137 Å². The number of hydrogen-bond acceptors (Lipinski definition) is 4. The minimum atomic E-state index is -0.317. The summed E-state index contributed by atoms with van der Waals surface area (Å²) in [6.45, 7) is 1.70. The number of fused-ring (bicyclic) bond motifs is 1. The Hall–Kier alpha value is -3.28. The number of halogens is 1. The van der Waals surface area contributed by atoms with Crippen LogP contribution in [-0.2, 0) is 0 Å². The van der Waals surface area contributed by atoms with E-state index in [1.807, 2.05) is 30.3 Å². The van der Waals surface area contributed by atoms with Gasteiger partial charge in [0.25, 0.3) is 0 Å². The molecule has 0 bridgehead atoms. The predicted octanol–water partition coefficient (Wildman–Crippen LogP) is 4.03. The van der Waals surface area contributed by atoms with Crippen molar-refractivity contribution in [1.82, 2.24) is 19.8 Å². The molecule has 0 unspecified atom stereocenters. The standard InChI is InChI=1S/C18H13FN4O/c1-12-7-8-14(11-15(12)19)24-17-10-9-16-20-21-18(23(16)22-17)13-5-3-2-4-6-13/h2-11H,1H3. The van der Waals surface area contributed by atoms with Crippen LogP contribution < -0.4 is 4.74 Å². The van der Waals surface area contributed by atoms with Gasteiger partial charge in [-0.25, -0.2) is 4.39 Å². The van der Waals surface area contributed by atoms with Crippen LogP contribution in [0.2, 0.25) is 0 Å². The largest absolute Gasteiger partial charge is 0.437 e. The van der Waals surface area contributed by atoms with Crippen molar-refractivity contribution in [3.05, 3.63) is 72.0 Å². The summed E-state index contributed by atoms with van der Waals surface area (Å²) < 4.78 is 20.9. The monoisotopic (exact) mass is 320 g/mol. The molecule has 0 saturated heterocycles. The molecule has 6 heteroatoms. The first-order valence-electron chi connectivity index (χ1n) is 7.42. The van der Waals surface area contributed by atoms with E-state index in [1.54, 1.807) is 35.7 Å². The molecule has 0 atom stereocenters. The molecular formula is C18H13FN4O. The van der Waals surface area contributed by atoms with E-state index in [0.717, 1.165) is 5.56 Å². The lowest BCUT2D eigenvalue weighted by Gasteiger charge is -2.06. The summed E-state index contributed by atoms with van der Waals surface area (Å²) in [5.74, 6) is 1.02. The summed E-state index contributed by atoms with van der Waals surface area (Å²) >= 11 is 0. The number of aromatic nitrogens is 4.